The van der Waals surface area contributed by atoms with Crippen molar-refractivity contribution in [3.63, 3.8) is 0 Å². The van der Waals surface area contributed by atoms with Gasteiger partial charge in [-0.1, -0.05) is 12.1 Å². The molecular formula is C17H18N2O4. The number of hydrogen-bond acceptors (Lipinski definition) is 4. The third-order valence-corrected chi connectivity index (χ3v) is 3.20. The van der Waals surface area contributed by atoms with Gasteiger partial charge in [-0.05, 0) is 56.2 Å². The lowest BCUT2D eigenvalue weighted by molar-refractivity contribution is -0.385. The van der Waals surface area contributed by atoms with E-state index in [2.05, 4.69) is 5.32 Å². The molecule has 0 unspecified atom stereocenters. The summed E-state index contributed by atoms with van der Waals surface area (Å²) in [6.45, 7) is 5.26. The molecule has 6 heteroatoms. The summed E-state index contributed by atoms with van der Waals surface area (Å²) in [5, 5.41) is 13.5. The second kappa shape index (κ2) is 6.91. The van der Waals surface area contributed by atoms with Crippen LogP contribution in [0.25, 0.3) is 11.1 Å². The van der Waals surface area contributed by atoms with Crippen molar-refractivity contribution in [3.05, 3.63) is 58.1 Å². The Kier molecular flexibility index (Phi) is 4.95. The van der Waals surface area contributed by atoms with E-state index in [1.165, 1.54) is 6.07 Å². The van der Waals surface area contributed by atoms with Crippen molar-refractivity contribution in [2.45, 2.75) is 26.9 Å². The van der Waals surface area contributed by atoms with Crippen LogP contribution in [-0.4, -0.2) is 17.1 Å². The van der Waals surface area contributed by atoms with Crippen LogP contribution < -0.4 is 5.32 Å². The van der Waals surface area contributed by atoms with Gasteiger partial charge in [-0.15, -0.1) is 0 Å². The number of anilines is 1. The predicted molar refractivity (Wildman–Crippen MR) is 88.5 cm³/mol. The second-order valence-electron chi connectivity index (χ2n) is 5.41. The first kappa shape index (κ1) is 16.5. The van der Waals surface area contributed by atoms with Gasteiger partial charge in [0.15, 0.2) is 0 Å². The molecule has 0 aliphatic heterocycles. The van der Waals surface area contributed by atoms with Crippen LogP contribution in [0.2, 0.25) is 0 Å². The predicted octanol–water partition coefficient (Wildman–Crippen LogP) is 4.53. The number of aryl methyl sites for hydroxylation is 1. The first-order valence-corrected chi connectivity index (χ1v) is 7.20. The minimum absolute atomic E-state index is 0.100. The molecule has 0 atom stereocenters. The minimum Gasteiger partial charge on any atom is -0.447 e. The quantitative estimate of drug-likeness (QED) is 0.664. The Hall–Kier alpha value is -2.89. The summed E-state index contributed by atoms with van der Waals surface area (Å²) in [5.74, 6) is 0. The maximum Gasteiger partial charge on any atom is 0.411 e. The summed E-state index contributed by atoms with van der Waals surface area (Å²) >= 11 is 0. The Labute approximate surface area is 134 Å². The van der Waals surface area contributed by atoms with E-state index in [1.54, 1.807) is 45.0 Å². The van der Waals surface area contributed by atoms with Crippen molar-refractivity contribution in [2.75, 3.05) is 5.32 Å². The maximum atomic E-state index is 11.5. The van der Waals surface area contributed by atoms with Gasteiger partial charge in [0.1, 0.15) is 0 Å². The highest BCUT2D eigenvalue weighted by Crippen LogP contribution is 2.27. The van der Waals surface area contributed by atoms with Crippen LogP contribution in [0.3, 0.4) is 0 Å². The van der Waals surface area contributed by atoms with Gasteiger partial charge in [0.2, 0.25) is 0 Å². The molecule has 0 bridgehead atoms. The molecule has 0 aliphatic carbocycles. The molecule has 2 rings (SSSR count). The zero-order valence-electron chi connectivity index (χ0n) is 13.2. The molecule has 0 saturated carbocycles. The van der Waals surface area contributed by atoms with Gasteiger partial charge in [0.25, 0.3) is 5.69 Å². The third kappa shape index (κ3) is 4.29. The van der Waals surface area contributed by atoms with Crippen molar-refractivity contribution >= 4 is 17.5 Å². The molecule has 0 aromatic heterocycles. The number of hydrogen-bond donors (Lipinski definition) is 1. The van der Waals surface area contributed by atoms with E-state index >= 15 is 0 Å². The van der Waals surface area contributed by atoms with E-state index in [1.807, 2.05) is 12.1 Å². The Bertz CT molecular complexity index is 724. The zero-order chi connectivity index (χ0) is 17.0. The first-order chi connectivity index (χ1) is 10.9. The normalized spacial score (nSPS) is 10.4. The van der Waals surface area contributed by atoms with Crippen molar-refractivity contribution in [1.82, 2.24) is 0 Å². The lowest BCUT2D eigenvalue weighted by Gasteiger charge is -2.10. The molecule has 0 aliphatic rings. The zero-order valence-corrected chi connectivity index (χ0v) is 13.2. The topological polar surface area (TPSA) is 81.5 Å². The number of nitro benzene ring substituents is 1. The molecule has 0 radical (unpaired) electrons. The monoisotopic (exact) mass is 314 g/mol. The van der Waals surface area contributed by atoms with E-state index in [-0.39, 0.29) is 11.8 Å². The number of benzene rings is 2. The SMILES string of the molecule is Cc1cc(-c2ccc(NC(=O)OC(C)C)cc2)ccc1[N+](=O)[O-]. The number of nitro groups is 1. The van der Waals surface area contributed by atoms with Crippen molar-refractivity contribution in [2.24, 2.45) is 0 Å². The standard InChI is InChI=1S/C17H18N2O4/c1-11(2)23-17(20)18-15-7-4-13(5-8-15)14-6-9-16(19(21)22)12(3)10-14/h4-11H,1-3H3,(H,18,20). The van der Waals surface area contributed by atoms with Crippen LogP contribution in [0.1, 0.15) is 19.4 Å². The smallest absolute Gasteiger partial charge is 0.411 e. The number of amides is 1. The highest BCUT2D eigenvalue weighted by Gasteiger charge is 2.11. The maximum absolute atomic E-state index is 11.5. The van der Waals surface area contributed by atoms with Crippen LogP contribution in [-0.2, 0) is 4.74 Å². The van der Waals surface area contributed by atoms with Gasteiger partial charge < -0.3 is 4.74 Å². The lowest BCUT2D eigenvalue weighted by atomic mass is 10.0. The van der Waals surface area contributed by atoms with Crippen molar-refractivity contribution < 1.29 is 14.5 Å². The minimum atomic E-state index is -0.501. The van der Waals surface area contributed by atoms with E-state index in [0.29, 0.717) is 11.3 Å². The fourth-order valence-electron chi connectivity index (χ4n) is 2.15. The Morgan fingerprint density at radius 1 is 1.13 bits per heavy atom. The number of nitrogens with zero attached hydrogens (tertiary/aromatic N) is 1. The number of carbonyl (C=O) groups excluding carboxylic acids is 1. The summed E-state index contributed by atoms with van der Waals surface area (Å²) in [6.07, 6.45) is -0.684. The van der Waals surface area contributed by atoms with Crippen LogP contribution in [0.15, 0.2) is 42.5 Å². The molecule has 1 N–H and O–H groups in total. The molecule has 0 heterocycles. The third-order valence-electron chi connectivity index (χ3n) is 3.20. The number of ether oxygens (including phenoxy) is 1. The van der Waals surface area contributed by atoms with Crippen LogP contribution in [0.4, 0.5) is 16.2 Å². The van der Waals surface area contributed by atoms with E-state index < -0.39 is 11.0 Å². The highest BCUT2D eigenvalue weighted by molar-refractivity contribution is 5.85. The number of rotatable bonds is 4. The van der Waals surface area contributed by atoms with E-state index in [9.17, 15) is 14.9 Å². The molecule has 6 nitrogen and oxygen atoms in total. The number of carbonyl (C=O) groups is 1. The average Bonchev–Trinajstić information content (AvgIpc) is 2.46. The average molecular weight is 314 g/mol. The van der Waals surface area contributed by atoms with Gasteiger partial charge in [0.05, 0.1) is 11.0 Å². The largest absolute Gasteiger partial charge is 0.447 e. The molecule has 23 heavy (non-hydrogen) atoms. The summed E-state index contributed by atoms with van der Waals surface area (Å²) in [4.78, 5) is 22.0. The fourth-order valence-corrected chi connectivity index (χ4v) is 2.15. The van der Waals surface area contributed by atoms with Gasteiger partial charge in [-0.25, -0.2) is 4.79 Å². The fraction of sp³-hybridized carbons (Fsp3) is 0.235. The molecule has 1 amide bonds. The molecule has 120 valence electrons. The van der Waals surface area contributed by atoms with Gasteiger partial charge in [0, 0.05) is 17.3 Å². The molecule has 0 spiro atoms. The van der Waals surface area contributed by atoms with Gasteiger partial charge >= 0.3 is 6.09 Å². The summed E-state index contributed by atoms with van der Waals surface area (Å²) < 4.78 is 5.01. The van der Waals surface area contributed by atoms with Crippen LogP contribution in [0.5, 0.6) is 0 Å². The molecule has 0 saturated heterocycles. The van der Waals surface area contributed by atoms with E-state index in [0.717, 1.165) is 11.1 Å². The molecular weight excluding hydrogens is 296 g/mol. The molecule has 2 aromatic carbocycles. The van der Waals surface area contributed by atoms with E-state index in [4.69, 9.17) is 4.74 Å². The Balaban J connectivity index is 2.15. The summed E-state index contributed by atoms with van der Waals surface area (Å²) in [7, 11) is 0. The van der Waals surface area contributed by atoms with Crippen LogP contribution >= 0.6 is 0 Å². The number of nitrogens with one attached hydrogen (secondary N) is 1. The lowest BCUT2D eigenvalue weighted by Crippen LogP contribution is -2.17. The molecule has 2 aromatic rings. The first-order valence-electron chi connectivity index (χ1n) is 7.20. The molecule has 0 fully saturated rings. The highest BCUT2D eigenvalue weighted by atomic mass is 16.6. The van der Waals surface area contributed by atoms with Crippen molar-refractivity contribution in [1.29, 1.82) is 0 Å². The summed E-state index contributed by atoms with van der Waals surface area (Å²) in [6, 6.07) is 12.2. The van der Waals surface area contributed by atoms with Crippen LogP contribution in [0, 0.1) is 17.0 Å². The summed E-state index contributed by atoms with van der Waals surface area (Å²) in [5.41, 5.74) is 3.12. The van der Waals surface area contributed by atoms with Gasteiger partial charge in [-0.3, -0.25) is 15.4 Å². The Morgan fingerprint density at radius 3 is 2.26 bits per heavy atom. The second-order valence-corrected chi connectivity index (χ2v) is 5.41. The van der Waals surface area contributed by atoms with Crippen molar-refractivity contribution in [3.8, 4) is 11.1 Å². The Morgan fingerprint density at radius 2 is 1.74 bits per heavy atom. The van der Waals surface area contributed by atoms with Gasteiger partial charge in [-0.2, -0.15) is 0 Å².